The van der Waals surface area contributed by atoms with Crippen LogP contribution in [0.15, 0.2) is 36.7 Å². The summed E-state index contributed by atoms with van der Waals surface area (Å²) >= 11 is 0. The maximum absolute atomic E-state index is 12.4. The quantitative estimate of drug-likeness (QED) is 0.834. The fraction of sp³-hybridized carbons (Fsp3) is 0.375. The zero-order chi connectivity index (χ0) is 15.5. The zero-order valence-electron chi connectivity index (χ0n) is 13.6. The molecule has 1 aliphatic rings. The summed E-state index contributed by atoms with van der Waals surface area (Å²) in [6.07, 6.45) is 4.31. The minimum Gasteiger partial charge on any atom is -0.399 e. The van der Waals surface area contributed by atoms with E-state index in [2.05, 4.69) is 10.00 Å². The number of carbonyl (C=O) groups is 1. The van der Waals surface area contributed by atoms with E-state index in [0.717, 1.165) is 43.1 Å². The van der Waals surface area contributed by atoms with Crippen molar-refractivity contribution in [2.45, 2.75) is 6.42 Å². The third-order valence-electron chi connectivity index (χ3n) is 4.02. The van der Waals surface area contributed by atoms with Gasteiger partial charge in [-0.25, -0.2) is 0 Å². The van der Waals surface area contributed by atoms with Gasteiger partial charge < -0.3 is 15.5 Å². The molecule has 8 heteroatoms. The molecule has 1 saturated heterocycles. The summed E-state index contributed by atoms with van der Waals surface area (Å²) in [4.78, 5) is 16.6. The predicted molar refractivity (Wildman–Crippen MR) is 101 cm³/mol. The summed E-state index contributed by atoms with van der Waals surface area (Å²) in [6, 6.07) is 7.50. The number of carbonyl (C=O) groups excluding carboxylic acids is 1. The van der Waals surface area contributed by atoms with Crippen molar-refractivity contribution in [1.82, 2.24) is 14.7 Å². The first-order chi connectivity index (χ1) is 10.6. The molecule has 3 rings (SSSR count). The molecule has 0 bridgehead atoms. The van der Waals surface area contributed by atoms with Gasteiger partial charge in [-0.2, -0.15) is 5.10 Å². The lowest BCUT2D eigenvalue weighted by Gasteiger charge is -2.35. The highest BCUT2D eigenvalue weighted by molar-refractivity contribution is 5.85. The molecule has 1 aromatic carbocycles. The summed E-state index contributed by atoms with van der Waals surface area (Å²) in [5.41, 5.74) is 8.52. The molecule has 1 fully saturated rings. The number of nitrogens with zero attached hydrogens (tertiary/aromatic N) is 4. The molecule has 0 unspecified atom stereocenters. The molecule has 0 aliphatic carbocycles. The minimum atomic E-state index is 0. The molecular weight excluding hydrogens is 349 g/mol. The predicted octanol–water partition coefficient (Wildman–Crippen LogP) is 1.74. The first-order valence-electron chi connectivity index (χ1n) is 7.47. The van der Waals surface area contributed by atoms with Crippen LogP contribution in [-0.4, -0.2) is 46.8 Å². The van der Waals surface area contributed by atoms with Gasteiger partial charge in [0.2, 0.25) is 5.91 Å². The smallest absolute Gasteiger partial charge is 0.227 e. The molecule has 1 amide bonds. The Labute approximate surface area is 154 Å². The first kappa shape index (κ1) is 20.1. The van der Waals surface area contributed by atoms with Crippen molar-refractivity contribution >= 4 is 42.1 Å². The maximum atomic E-state index is 12.4. The van der Waals surface area contributed by atoms with E-state index in [1.807, 2.05) is 48.6 Å². The Bertz CT molecular complexity index is 651. The Balaban J connectivity index is 0.00000144. The molecule has 0 saturated carbocycles. The van der Waals surface area contributed by atoms with Gasteiger partial charge in [0, 0.05) is 45.1 Å². The Hall–Kier alpha value is -1.92. The van der Waals surface area contributed by atoms with Crippen molar-refractivity contribution in [1.29, 1.82) is 0 Å². The molecule has 6 nitrogen and oxygen atoms in total. The standard InChI is InChI=1S/C16H21N5O.2ClH/c1-19-12-15(11-18-19)20-6-8-21(9-7-20)16(22)10-13-2-4-14(17)5-3-13;;/h2-5,11-12H,6-10,17H2,1H3;2*1H. The summed E-state index contributed by atoms with van der Waals surface area (Å²) in [5, 5.41) is 4.19. The van der Waals surface area contributed by atoms with Crippen LogP contribution in [0.5, 0.6) is 0 Å². The number of amides is 1. The normalized spacial score (nSPS) is 13.9. The van der Waals surface area contributed by atoms with Crippen molar-refractivity contribution in [2.24, 2.45) is 7.05 Å². The second kappa shape index (κ2) is 8.80. The number of halogens is 2. The molecule has 2 aromatic rings. The van der Waals surface area contributed by atoms with E-state index < -0.39 is 0 Å². The fourth-order valence-electron chi connectivity index (χ4n) is 2.71. The summed E-state index contributed by atoms with van der Waals surface area (Å²) in [5.74, 6) is 0.176. The van der Waals surface area contributed by atoms with Gasteiger partial charge in [0.05, 0.1) is 18.3 Å². The zero-order valence-corrected chi connectivity index (χ0v) is 15.2. The van der Waals surface area contributed by atoms with Crippen LogP contribution >= 0.6 is 24.8 Å². The summed E-state index contributed by atoms with van der Waals surface area (Å²) < 4.78 is 1.80. The second-order valence-electron chi connectivity index (χ2n) is 5.66. The van der Waals surface area contributed by atoms with E-state index in [4.69, 9.17) is 5.73 Å². The average molecular weight is 372 g/mol. The molecule has 1 aromatic heterocycles. The average Bonchev–Trinajstić information content (AvgIpc) is 2.96. The molecule has 1 aliphatic heterocycles. The SMILES string of the molecule is Cl.Cl.Cn1cc(N2CCN(C(=O)Cc3ccc(N)cc3)CC2)cn1. The number of aromatic nitrogens is 2. The summed E-state index contributed by atoms with van der Waals surface area (Å²) in [7, 11) is 1.91. The summed E-state index contributed by atoms with van der Waals surface area (Å²) in [6.45, 7) is 3.20. The Kier molecular flexibility index (Phi) is 7.38. The van der Waals surface area contributed by atoms with Crippen molar-refractivity contribution < 1.29 is 4.79 Å². The third kappa shape index (κ3) is 4.79. The molecule has 0 radical (unpaired) electrons. The van der Waals surface area contributed by atoms with E-state index in [-0.39, 0.29) is 30.7 Å². The lowest BCUT2D eigenvalue weighted by Crippen LogP contribution is -2.49. The van der Waals surface area contributed by atoms with E-state index in [1.165, 1.54) is 0 Å². The van der Waals surface area contributed by atoms with Crippen LogP contribution < -0.4 is 10.6 Å². The number of rotatable bonds is 3. The van der Waals surface area contributed by atoms with Gasteiger partial charge in [-0.3, -0.25) is 9.48 Å². The van der Waals surface area contributed by atoms with Crippen molar-refractivity contribution in [3.8, 4) is 0 Å². The van der Waals surface area contributed by atoms with Crippen LogP contribution in [0, 0.1) is 0 Å². The van der Waals surface area contributed by atoms with Gasteiger partial charge in [-0.15, -0.1) is 24.8 Å². The van der Waals surface area contributed by atoms with Crippen molar-refractivity contribution in [2.75, 3.05) is 36.8 Å². The van der Waals surface area contributed by atoms with Crippen LogP contribution in [0.2, 0.25) is 0 Å². The highest BCUT2D eigenvalue weighted by atomic mass is 35.5. The van der Waals surface area contributed by atoms with Crippen LogP contribution in [0.1, 0.15) is 5.56 Å². The fourth-order valence-corrected chi connectivity index (χ4v) is 2.71. The minimum absolute atomic E-state index is 0. The lowest BCUT2D eigenvalue weighted by molar-refractivity contribution is -0.130. The van der Waals surface area contributed by atoms with Gasteiger partial charge in [-0.1, -0.05) is 12.1 Å². The first-order valence-corrected chi connectivity index (χ1v) is 7.47. The van der Waals surface area contributed by atoms with Gasteiger partial charge in [0.15, 0.2) is 0 Å². The maximum Gasteiger partial charge on any atom is 0.227 e. The van der Waals surface area contributed by atoms with Crippen LogP contribution in [0.3, 0.4) is 0 Å². The molecule has 0 spiro atoms. The largest absolute Gasteiger partial charge is 0.399 e. The van der Waals surface area contributed by atoms with Crippen LogP contribution in [0.25, 0.3) is 0 Å². The highest BCUT2D eigenvalue weighted by Crippen LogP contribution is 2.15. The lowest BCUT2D eigenvalue weighted by atomic mass is 10.1. The van der Waals surface area contributed by atoms with E-state index >= 15 is 0 Å². The number of aryl methyl sites for hydroxylation is 1. The number of anilines is 2. The van der Waals surface area contributed by atoms with Gasteiger partial charge in [0.1, 0.15) is 0 Å². The molecule has 0 atom stereocenters. The number of hydrogen-bond acceptors (Lipinski definition) is 4. The number of hydrogen-bond donors (Lipinski definition) is 1. The number of piperazine rings is 1. The van der Waals surface area contributed by atoms with Crippen molar-refractivity contribution in [3.05, 3.63) is 42.2 Å². The Morgan fingerprint density at radius 3 is 2.29 bits per heavy atom. The highest BCUT2D eigenvalue weighted by Gasteiger charge is 2.21. The van der Waals surface area contributed by atoms with Crippen molar-refractivity contribution in [3.63, 3.8) is 0 Å². The van der Waals surface area contributed by atoms with Crippen LogP contribution in [-0.2, 0) is 18.3 Å². The third-order valence-corrected chi connectivity index (χ3v) is 4.02. The molecule has 2 N–H and O–H groups in total. The Morgan fingerprint density at radius 2 is 1.75 bits per heavy atom. The van der Waals surface area contributed by atoms with E-state index in [1.54, 1.807) is 4.68 Å². The molecule has 132 valence electrons. The van der Waals surface area contributed by atoms with Gasteiger partial charge in [0.25, 0.3) is 0 Å². The second-order valence-corrected chi connectivity index (χ2v) is 5.66. The van der Waals surface area contributed by atoms with Gasteiger partial charge in [-0.05, 0) is 17.7 Å². The monoisotopic (exact) mass is 371 g/mol. The molecule has 2 heterocycles. The topological polar surface area (TPSA) is 67.4 Å². The molecular formula is C16H23Cl2N5O. The van der Waals surface area contributed by atoms with E-state index in [0.29, 0.717) is 6.42 Å². The number of benzene rings is 1. The number of nitrogens with two attached hydrogens (primary N) is 1. The van der Waals surface area contributed by atoms with Gasteiger partial charge >= 0.3 is 0 Å². The van der Waals surface area contributed by atoms with Crippen LogP contribution in [0.4, 0.5) is 11.4 Å². The van der Waals surface area contributed by atoms with E-state index in [9.17, 15) is 4.79 Å². The Morgan fingerprint density at radius 1 is 1.12 bits per heavy atom. The number of nitrogen functional groups attached to an aromatic ring is 1. The molecule has 24 heavy (non-hydrogen) atoms.